The molecule has 8 heteroatoms. The zero-order chi connectivity index (χ0) is 19.8. The predicted octanol–water partition coefficient (Wildman–Crippen LogP) is 4.06. The molecule has 0 saturated carbocycles. The highest BCUT2D eigenvalue weighted by Gasteiger charge is 2.32. The number of rotatable bonds is 5. The summed E-state index contributed by atoms with van der Waals surface area (Å²) in [5.41, 5.74) is 2.68. The van der Waals surface area contributed by atoms with Crippen molar-refractivity contribution in [3.05, 3.63) is 63.1 Å². The number of benzene rings is 2. The highest BCUT2D eigenvalue weighted by molar-refractivity contribution is 9.10. The number of halogens is 2. The van der Waals surface area contributed by atoms with Gasteiger partial charge in [-0.1, -0.05) is 39.7 Å². The van der Waals surface area contributed by atoms with Gasteiger partial charge in [-0.2, -0.15) is 0 Å². The van der Waals surface area contributed by atoms with Crippen molar-refractivity contribution in [3.63, 3.8) is 0 Å². The molecule has 0 spiro atoms. The molecule has 2 atom stereocenters. The summed E-state index contributed by atoms with van der Waals surface area (Å²) in [6, 6.07) is 12.0. The lowest BCUT2D eigenvalue weighted by Gasteiger charge is -2.26. The monoisotopic (exact) mass is 470 g/mol. The van der Waals surface area contributed by atoms with E-state index in [1.165, 1.54) is 0 Å². The molecular weight excluding hydrogens is 452 g/mol. The Morgan fingerprint density at radius 2 is 1.96 bits per heavy atom. The molecule has 0 saturated heterocycles. The van der Waals surface area contributed by atoms with E-state index in [1.807, 2.05) is 25.1 Å². The summed E-state index contributed by atoms with van der Waals surface area (Å²) >= 11 is 9.39. The van der Waals surface area contributed by atoms with Crippen LogP contribution in [0.4, 0.5) is 5.69 Å². The molecule has 144 valence electrons. The summed E-state index contributed by atoms with van der Waals surface area (Å²) in [4.78, 5) is 14.9. The first-order valence-corrected chi connectivity index (χ1v) is 11.5. The number of anilines is 1. The van der Waals surface area contributed by atoms with Gasteiger partial charge >= 0.3 is 0 Å². The summed E-state index contributed by atoms with van der Waals surface area (Å²) in [5.74, 6) is -0.125. The molecule has 1 aliphatic heterocycles. The number of carbonyl (C=O) groups excluding carboxylic acids is 1. The van der Waals surface area contributed by atoms with Gasteiger partial charge in [-0.05, 0) is 54.8 Å². The molecule has 1 heterocycles. The fraction of sp³-hybridized carbons (Fsp3) is 0.316. The van der Waals surface area contributed by atoms with Gasteiger partial charge in [0.2, 0.25) is 15.9 Å². The standard InChI is InChI=1S/C19H20BrClN2O3S/c1-12-9-14-10-15(20)5-8-18(14)23(12)19(24)11-17(22-27(2,25)26)13-3-6-16(21)7-4-13/h3-8,10,12,17,22H,9,11H2,1-2H3/t12-,17-/m0/s1. The maximum Gasteiger partial charge on any atom is 0.229 e. The van der Waals surface area contributed by atoms with E-state index in [0.29, 0.717) is 10.6 Å². The molecule has 0 aliphatic carbocycles. The Hall–Kier alpha value is -1.41. The fourth-order valence-electron chi connectivity index (χ4n) is 3.43. The van der Waals surface area contributed by atoms with Crippen molar-refractivity contribution >= 4 is 49.1 Å². The minimum Gasteiger partial charge on any atom is -0.309 e. The fourth-order valence-corrected chi connectivity index (χ4v) is 4.70. The van der Waals surface area contributed by atoms with Gasteiger partial charge in [0.15, 0.2) is 0 Å². The smallest absolute Gasteiger partial charge is 0.229 e. The minimum atomic E-state index is -3.49. The molecule has 1 amide bonds. The minimum absolute atomic E-state index is 0.0194. The maximum absolute atomic E-state index is 13.1. The van der Waals surface area contributed by atoms with Crippen LogP contribution in [0.25, 0.3) is 0 Å². The van der Waals surface area contributed by atoms with E-state index in [4.69, 9.17) is 11.6 Å². The van der Waals surface area contributed by atoms with E-state index in [1.54, 1.807) is 29.2 Å². The molecule has 2 aromatic carbocycles. The van der Waals surface area contributed by atoms with Crippen LogP contribution in [0, 0.1) is 0 Å². The lowest BCUT2D eigenvalue weighted by atomic mass is 10.0. The first-order valence-electron chi connectivity index (χ1n) is 8.47. The molecule has 0 bridgehead atoms. The molecule has 27 heavy (non-hydrogen) atoms. The maximum atomic E-state index is 13.1. The van der Waals surface area contributed by atoms with Crippen molar-refractivity contribution < 1.29 is 13.2 Å². The van der Waals surface area contributed by atoms with Crippen LogP contribution in [0.1, 0.15) is 30.5 Å². The molecule has 0 fully saturated rings. The van der Waals surface area contributed by atoms with Crippen molar-refractivity contribution in [2.75, 3.05) is 11.2 Å². The number of sulfonamides is 1. The van der Waals surface area contributed by atoms with Crippen LogP contribution in [-0.2, 0) is 21.2 Å². The number of fused-ring (bicyclic) bond motifs is 1. The van der Waals surface area contributed by atoms with E-state index in [9.17, 15) is 13.2 Å². The molecular formula is C19H20BrClN2O3S. The average molecular weight is 472 g/mol. The third-order valence-electron chi connectivity index (χ3n) is 4.53. The van der Waals surface area contributed by atoms with Crippen molar-refractivity contribution in [2.45, 2.75) is 31.8 Å². The Balaban J connectivity index is 1.87. The van der Waals surface area contributed by atoms with Gasteiger partial charge in [0, 0.05) is 27.6 Å². The van der Waals surface area contributed by atoms with E-state index in [2.05, 4.69) is 20.7 Å². The van der Waals surface area contributed by atoms with Gasteiger partial charge in [-0.3, -0.25) is 4.79 Å². The molecule has 0 radical (unpaired) electrons. The van der Waals surface area contributed by atoms with Crippen LogP contribution in [0.5, 0.6) is 0 Å². The number of hydrogen-bond donors (Lipinski definition) is 1. The van der Waals surface area contributed by atoms with Crippen LogP contribution < -0.4 is 9.62 Å². The second kappa shape index (κ2) is 7.91. The SMILES string of the molecule is C[C@H]1Cc2cc(Br)ccc2N1C(=O)C[C@H](NS(C)(=O)=O)c1ccc(Cl)cc1. The molecule has 1 N–H and O–H groups in total. The van der Waals surface area contributed by atoms with Crippen LogP contribution in [0.2, 0.25) is 5.02 Å². The number of nitrogens with zero attached hydrogens (tertiary/aromatic N) is 1. The van der Waals surface area contributed by atoms with Crippen molar-refractivity contribution in [3.8, 4) is 0 Å². The van der Waals surface area contributed by atoms with E-state index >= 15 is 0 Å². The number of amides is 1. The Kier molecular flexibility index (Phi) is 5.96. The summed E-state index contributed by atoms with van der Waals surface area (Å²) in [5, 5.41) is 0.552. The van der Waals surface area contributed by atoms with Gasteiger partial charge in [-0.15, -0.1) is 0 Å². The van der Waals surface area contributed by atoms with Gasteiger partial charge in [-0.25, -0.2) is 13.1 Å². The van der Waals surface area contributed by atoms with Gasteiger partial charge < -0.3 is 4.90 Å². The summed E-state index contributed by atoms with van der Waals surface area (Å²) in [7, 11) is -3.49. The van der Waals surface area contributed by atoms with E-state index in [-0.39, 0.29) is 18.4 Å². The first kappa shape index (κ1) is 20.3. The number of nitrogens with one attached hydrogen (secondary N) is 1. The summed E-state index contributed by atoms with van der Waals surface area (Å²) in [6.45, 7) is 1.99. The topological polar surface area (TPSA) is 66.5 Å². The van der Waals surface area contributed by atoms with Gasteiger partial charge in [0.25, 0.3) is 0 Å². The van der Waals surface area contributed by atoms with Crippen LogP contribution in [-0.4, -0.2) is 26.6 Å². The lowest BCUT2D eigenvalue weighted by Crippen LogP contribution is -2.39. The normalized spacial score (nSPS) is 17.6. The summed E-state index contributed by atoms with van der Waals surface area (Å²) in [6.07, 6.45) is 1.88. The molecule has 1 aliphatic rings. The van der Waals surface area contributed by atoms with Crippen LogP contribution in [0.3, 0.4) is 0 Å². The molecule has 0 aromatic heterocycles. The Morgan fingerprint density at radius 1 is 1.30 bits per heavy atom. The average Bonchev–Trinajstić information content (AvgIpc) is 2.88. The predicted molar refractivity (Wildman–Crippen MR) is 112 cm³/mol. The molecule has 2 aromatic rings. The number of hydrogen-bond acceptors (Lipinski definition) is 3. The quantitative estimate of drug-likeness (QED) is 0.715. The first-order chi connectivity index (χ1) is 12.6. The zero-order valence-electron chi connectivity index (χ0n) is 14.9. The molecule has 0 unspecified atom stereocenters. The Bertz CT molecular complexity index is 963. The third-order valence-corrected chi connectivity index (χ3v) is 5.99. The van der Waals surface area contributed by atoms with Gasteiger partial charge in [0.1, 0.15) is 0 Å². The highest BCUT2D eigenvalue weighted by atomic mass is 79.9. The lowest BCUT2D eigenvalue weighted by molar-refractivity contribution is -0.119. The van der Waals surface area contributed by atoms with E-state index < -0.39 is 16.1 Å². The number of carbonyl (C=O) groups is 1. The molecule has 5 nitrogen and oxygen atoms in total. The summed E-state index contributed by atoms with van der Waals surface area (Å²) < 4.78 is 27.2. The second-order valence-electron chi connectivity index (χ2n) is 6.79. The van der Waals surface area contributed by atoms with Crippen molar-refractivity contribution in [2.24, 2.45) is 0 Å². The second-order valence-corrected chi connectivity index (χ2v) is 9.92. The Labute approximate surface area is 172 Å². The van der Waals surface area contributed by atoms with Crippen molar-refractivity contribution in [1.82, 2.24) is 4.72 Å². The largest absolute Gasteiger partial charge is 0.309 e. The molecule has 3 rings (SSSR count). The zero-order valence-corrected chi connectivity index (χ0v) is 18.1. The van der Waals surface area contributed by atoms with E-state index in [0.717, 1.165) is 28.4 Å². The third kappa shape index (κ3) is 4.90. The van der Waals surface area contributed by atoms with Crippen LogP contribution >= 0.6 is 27.5 Å². The Morgan fingerprint density at radius 3 is 2.59 bits per heavy atom. The van der Waals surface area contributed by atoms with Crippen LogP contribution in [0.15, 0.2) is 46.9 Å². The van der Waals surface area contributed by atoms with Gasteiger partial charge in [0.05, 0.1) is 12.3 Å². The van der Waals surface area contributed by atoms with Crippen molar-refractivity contribution in [1.29, 1.82) is 0 Å². The highest BCUT2D eigenvalue weighted by Crippen LogP contribution is 2.35.